The SMILES string of the molecule is CCc1c(C)nn(-c2c(N)c(C)nn2C(C)C)c1C. The molecule has 0 bridgehead atoms. The summed E-state index contributed by atoms with van der Waals surface area (Å²) in [6.45, 7) is 12.4. The topological polar surface area (TPSA) is 61.7 Å². The minimum atomic E-state index is 0.250. The Morgan fingerprint density at radius 2 is 1.74 bits per heavy atom. The van der Waals surface area contributed by atoms with E-state index in [1.165, 1.54) is 5.56 Å². The highest BCUT2D eigenvalue weighted by molar-refractivity contribution is 5.58. The lowest BCUT2D eigenvalue weighted by Gasteiger charge is -2.12. The van der Waals surface area contributed by atoms with Gasteiger partial charge in [-0.1, -0.05) is 6.92 Å². The summed E-state index contributed by atoms with van der Waals surface area (Å²) < 4.78 is 3.88. The average Bonchev–Trinajstić information content (AvgIpc) is 2.78. The maximum atomic E-state index is 6.20. The van der Waals surface area contributed by atoms with E-state index in [1.54, 1.807) is 0 Å². The first-order chi connectivity index (χ1) is 8.88. The summed E-state index contributed by atoms with van der Waals surface area (Å²) in [7, 11) is 0. The van der Waals surface area contributed by atoms with Gasteiger partial charge in [-0.15, -0.1) is 0 Å². The van der Waals surface area contributed by atoms with E-state index in [0.29, 0.717) is 5.69 Å². The van der Waals surface area contributed by atoms with Gasteiger partial charge in [0, 0.05) is 11.7 Å². The fourth-order valence-corrected chi connectivity index (χ4v) is 2.51. The van der Waals surface area contributed by atoms with Crippen molar-refractivity contribution in [3.63, 3.8) is 0 Å². The Morgan fingerprint density at radius 3 is 2.21 bits per heavy atom. The van der Waals surface area contributed by atoms with Crippen LogP contribution in [0.5, 0.6) is 0 Å². The summed E-state index contributed by atoms with van der Waals surface area (Å²) >= 11 is 0. The molecule has 5 nitrogen and oxygen atoms in total. The molecule has 2 heterocycles. The third kappa shape index (κ3) is 2.03. The van der Waals surface area contributed by atoms with Gasteiger partial charge in [-0.3, -0.25) is 0 Å². The van der Waals surface area contributed by atoms with E-state index in [0.717, 1.165) is 29.3 Å². The zero-order chi connectivity index (χ0) is 14.3. The van der Waals surface area contributed by atoms with E-state index in [2.05, 4.69) is 37.9 Å². The van der Waals surface area contributed by atoms with Crippen molar-refractivity contribution in [3.8, 4) is 5.82 Å². The molecule has 5 heteroatoms. The van der Waals surface area contributed by atoms with Crippen LogP contribution in [0.2, 0.25) is 0 Å². The van der Waals surface area contributed by atoms with Crippen LogP contribution in [0.4, 0.5) is 5.69 Å². The minimum Gasteiger partial charge on any atom is -0.394 e. The van der Waals surface area contributed by atoms with Crippen LogP contribution in [-0.4, -0.2) is 19.6 Å². The van der Waals surface area contributed by atoms with E-state index in [9.17, 15) is 0 Å². The quantitative estimate of drug-likeness (QED) is 0.924. The lowest BCUT2D eigenvalue weighted by molar-refractivity contribution is 0.510. The molecule has 0 radical (unpaired) electrons. The summed E-state index contributed by atoms with van der Waals surface area (Å²) in [5, 5.41) is 9.17. The number of nitrogen functional groups attached to an aromatic ring is 1. The zero-order valence-corrected chi connectivity index (χ0v) is 12.7. The largest absolute Gasteiger partial charge is 0.394 e. The van der Waals surface area contributed by atoms with E-state index >= 15 is 0 Å². The molecule has 2 aromatic heterocycles. The summed E-state index contributed by atoms with van der Waals surface area (Å²) in [6.07, 6.45) is 0.979. The van der Waals surface area contributed by atoms with Gasteiger partial charge in [-0.25, -0.2) is 9.36 Å². The van der Waals surface area contributed by atoms with Crippen LogP contribution in [0.3, 0.4) is 0 Å². The third-order valence-electron chi connectivity index (χ3n) is 3.59. The van der Waals surface area contributed by atoms with Crippen molar-refractivity contribution in [2.45, 2.75) is 54.0 Å². The van der Waals surface area contributed by atoms with Crippen LogP contribution >= 0.6 is 0 Å². The first-order valence-electron chi connectivity index (χ1n) is 6.78. The highest BCUT2D eigenvalue weighted by atomic mass is 15.4. The van der Waals surface area contributed by atoms with Gasteiger partial charge in [-0.05, 0) is 46.6 Å². The summed E-state index contributed by atoms with van der Waals surface area (Å²) in [4.78, 5) is 0. The molecule has 0 spiro atoms. The van der Waals surface area contributed by atoms with Gasteiger partial charge in [0.2, 0.25) is 0 Å². The van der Waals surface area contributed by atoms with Crippen molar-refractivity contribution in [1.82, 2.24) is 19.6 Å². The van der Waals surface area contributed by atoms with Gasteiger partial charge in [0.15, 0.2) is 5.82 Å². The van der Waals surface area contributed by atoms with Crippen LogP contribution in [0, 0.1) is 20.8 Å². The second-order valence-electron chi connectivity index (χ2n) is 5.28. The average molecular weight is 261 g/mol. The smallest absolute Gasteiger partial charge is 0.176 e. The Balaban J connectivity index is 2.72. The number of aromatic nitrogens is 4. The molecule has 0 unspecified atom stereocenters. The van der Waals surface area contributed by atoms with Gasteiger partial charge in [-0.2, -0.15) is 10.2 Å². The standard InChI is InChI=1S/C14H23N5/c1-7-12-9(4)16-19(11(12)6)14-13(15)10(5)17-18(14)8(2)3/h8H,7,15H2,1-6H3. The van der Waals surface area contributed by atoms with Crippen molar-refractivity contribution in [2.75, 3.05) is 5.73 Å². The van der Waals surface area contributed by atoms with Crippen molar-refractivity contribution in [2.24, 2.45) is 0 Å². The summed E-state index contributed by atoms with van der Waals surface area (Å²) in [6, 6.07) is 0.250. The molecule has 0 aromatic carbocycles. The van der Waals surface area contributed by atoms with Crippen LogP contribution in [0.1, 0.15) is 49.5 Å². The van der Waals surface area contributed by atoms with Crippen molar-refractivity contribution >= 4 is 5.69 Å². The number of hydrogen-bond donors (Lipinski definition) is 1. The number of aryl methyl sites for hydroxylation is 2. The van der Waals surface area contributed by atoms with E-state index in [1.807, 2.05) is 23.2 Å². The van der Waals surface area contributed by atoms with E-state index < -0.39 is 0 Å². The molecule has 0 saturated carbocycles. The Bertz CT molecular complexity index is 604. The number of nitrogens with zero attached hydrogens (tertiary/aromatic N) is 4. The molecule has 104 valence electrons. The molecule has 2 N–H and O–H groups in total. The van der Waals surface area contributed by atoms with Gasteiger partial charge in [0.1, 0.15) is 0 Å². The van der Waals surface area contributed by atoms with Crippen molar-refractivity contribution in [3.05, 3.63) is 22.6 Å². The Hall–Kier alpha value is -1.78. The highest BCUT2D eigenvalue weighted by Gasteiger charge is 2.20. The maximum Gasteiger partial charge on any atom is 0.176 e. The third-order valence-corrected chi connectivity index (χ3v) is 3.59. The molecule has 2 rings (SSSR count). The Kier molecular flexibility index (Phi) is 3.39. The van der Waals surface area contributed by atoms with Gasteiger partial charge >= 0.3 is 0 Å². The molecule has 0 amide bonds. The molecular weight excluding hydrogens is 238 g/mol. The second kappa shape index (κ2) is 4.72. The van der Waals surface area contributed by atoms with Crippen molar-refractivity contribution in [1.29, 1.82) is 0 Å². The molecule has 2 aromatic rings. The van der Waals surface area contributed by atoms with Crippen LogP contribution in [0.25, 0.3) is 5.82 Å². The molecule has 0 fully saturated rings. The van der Waals surface area contributed by atoms with E-state index in [-0.39, 0.29) is 6.04 Å². The number of anilines is 1. The zero-order valence-electron chi connectivity index (χ0n) is 12.7. The molecule has 19 heavy (non-hydrogen) atoms. The predicted octanol–water partition coefficient (Wildman–Crippen LogP) is 2.72. The fraction of sp³-hybridized carbons (Fsp3) is 0.571. The molecule has 0 saturated heterocycles. The number of nitrogens with two attached hydrogens (primary N) is 1. The summed E-state index contributed by atoms with van der Waals surface area (Å²) in [5.41, 5.74) is 11.3. The molecule has 0 aliphatic carbocycles. The predicted molar refractivity (Wildman–Crippen MR) is 77.7 cm³/mol. The van der Waals surface area contributed by atoms with Crippen LogP contribution in [0.15, 0.2) is 0 Å². The lowest BCUT2D eigenvalue weighted by atomic mass is 10.1. The second-order valence-corrected chi connectivity index (χ2v) is 5.28. The minimum absolute atomic E-state index is 0.250. The summed E-state index contributed by atoms with van der Waals surface area (Å²) in [5.74, 6) is 0.882. The first-order valence-corrected chi connectivity index (χ1v) is 6.78. The van der Waals surface area contributed by atoms with Crippen molar-refractivity contribution < 1.29 is 0 Å². The molecular formula is C14H23N5. The fourth-order valence-electron chi connectivity index (χ4n) is 2.51. The Labute approximate surface area is 114 Å². The van der Waals surface area contributed by atoms with Gasteiger partial charge in [0.05, 0.1) is 17.1 Å². The number of hydrogen-bond acceptors (Lipinski definition) is 3. The molecule has 0 aliphatic rings. The first kappa shape index (κ1) is 13.6. The molecule has 0 atom stereocenters. The Morgan fingerprint density at radius 1 is 1.11 bits per heavy atom. The molecule has 0 aliphatic heterocycles. The number of rotatable bonds is 3. The monoisotopic (exact) mass is 261 g/mol. The van der Waals surface area contributed by atoms with E-state index in [4.69, 9.17) is 5.73 Å². The highest BCUT2D eigenvalue weighted by Crippen LogP contribution is 2.27. The van der Waals surface area contributed by atoms with Gasteiger partial charge < -0.3 is 5.73 Å². The lowest BCUT2D eigenvalue weighted by Crippen LogP contribution is -2.13. The van der Waals surface area contributed by atoms with Crippen LogP contribution < -0.4 is 5.73 Å². The normalized spacial score (nSPS) is 11.5. The maximum absolute atomic E-state index is 6.20. The van der Waals surface area contributed by atoms with Gasteiger partial charge in [0.25, 0.3) is 0 Å². The van der Waals surface area contributed by atoms with Crippen LogP contribution in [-0.2, 0) is 6.42 Å².